The summed E-state index contributed by atoms with van der Waals surface area (Å²) in [5, 5.41) is 1.42. The molecule has 0 aliphatic heterocycles. The Labute approximate surface area is 115 Å². The number of nitrogens with zero attached hydrogens (tertiary/aromatic N) is 1. The van der Waals surface area contributed by atoms with Crippen LogP contribution in [0, 0.1) is 0 Å². The van der Waals surface area contributed by atoms with Crippen LogP contribution in [0.4, 0.5) is 0 Å². The summed E-state index contributed by atoms with van der Waals surface area (Å²) in [6.45, 7) is 0. The number of hydrogen-bond donors (Lipinski definition) is 2. The zero-order chi connectivity index (χ0) is 13.2. The maximum absolute atomic E-state index is 5.80. The van der Waals surface area contributed by atoms with E-state index in [0.29, 0.717) is 11.0 Å². The van der Waals surface area contributed by atoms with Gasteiger partial charge in [-0.05, 0) is 41.4 Å². The van der Waals surface area contributed by atoms with Crippen molar-refractivity contribution in [2.75, 3.05) is 0 Å². The molecule has 3 rings (SSSR count). The lowest BCUT2D eigenvalue weighted by Crippen LogP contribution is -2.28. The molecule has 5 heteroatoms. The van der Waals surface area contributed by atoms with Crippen molar-refractivity contribution < 1.29 is 4.42 Å². The standard InChI is InChI=1S/C14H12ClN3O/c15-13-6-5-12(19-13)14(18-16)10-4-3-9-2-1-7-17-11(9)8-10/h1-8,14,18H,16H2. The number of rotatable bonds is 3. The molecule has 2 heterocycles. The van der Waals surface area contributed by atoms with Gasteiger partial charge in [-0.15, -0.1) is 0 Å². The van der Waals surface area contributed by atoms with Crippen LogP contribution in [-0.4, -0.2) is 4.98 Å². The normalized spacial score (nSPS) is 12.7. The Balaban J connectivity index is 2.06. The molecule has 3 N–H and O–H groups in total. The molecule has 0 fully saturated rings. The Kier molecular flexibility index (Phi) is 3.21. The van der Waals surface area contributed by atoms with E-state index in [2.05, 4.69) is 10.4 Å². The van der Waals surface area contributed by atoms with E-state index in [4.69, 9.17) is 21.9 Å². The molecule has 0 spiro atoms. The van der Waals surface area contributed by atoms with Crippen molar-refractivity contribution in [3.63, 3.8) is 0 Å². The highest BCUT2D eigenvalue weighted by Crippen LogP contribution is 2.27. The second kappa shape index (κ2) is 5.01. The Hall–Kier alpha value is -1.88. The number of furan rings is 1. The fraction of sp³-hybridized carbons (Fsp3) is 0.0714. The van der Waals surface area contributed by atoms with Crippen molar-refractivity contribution in [3.8, 4) is 0 Å². The molecule has 0 aliphatic carbocycles. The highest BCUT2D eigenvalue weighted by molar-refractivity contribution is 6.28. The average Bonchev–Trinajstić information content (AvgIpc) is 2.86. The lowest BCUT2D eigenvalue weighted by molar-refractivity contribution is 0.453. The monoisotopic (exact) mass is 273 g/mol. The van der Waals surface area contributed by atoms with Gasteiger partial charge in [0, 0.05) is 11.6 Å². The van der Waals surface area contributed by atoms with Gasteiger partial charge in [0.1, 0.15) is 11.8 Å². The molecule has 0 radical (unpaired) electrons. The molecule has 0 saturated heterocycles. The number of hydrazine groups is 1. The van der Waals surface area contributed by atoms with E-state index in [9.17, 15) is 0 Å². The van der Waals surface area contributed by atoms with Crippen LogP contribution >= 0.6 is 11.6 Å². The van der Waals surface area contributed by atoms with E-state index >= 15 is 0 Å². The predicted octanol–water partition coefficient (Wildman–Crippen LogP) is 3.03. The highest BCUT2D eigenvalue weighted by Gasteiger charge is 2.16. The summed E-state index contributed by atoms with van der Waals surface area (Å²) in [7, 11) is 0. The van der Waals surface area contributed by atoms with Crippen molar-refractivity contribution in [1.29, 1.82) is 0 Å². The third kappa shape index (κ3) is 2.33. The minimum absolute atomic E-state index is 0.251. The molecule has 0 saturated carbocycles. The van der Waals surface area contributed by atoms with Gasteiger partial charge in [0.15, 0.2) is 5.22 Å². The van der Waals surface area contributed by atoms with Gasteiger partial charge < -0.3 is 4.42 Å². The Morgan fingerprint density at radius 1 is 1.21 bits per heavy atom. The van der Waals surface area contributed by atoms with Crippen molar-refractivity contribution in [2.45, 2.75) is 6.04 Å². The average molecular weight is 274 g/mol. The van der Waals surface area contributed by atoms with Crippen molar-refractivity contribution >= 4 is 22.5 Å². The van der Waals surface area contributed by atoms with Gasteiger partial charge in [-0.25, -0.2) is 5.43 Å². The smallest absolute Gasteiger partial charge is 0.193 e. The summed E-state index contributed by atoms with van der Waals surface area (Å²) in [6, 6.07) is 13.1. The van der Waals surface area contributed by atoms with Crippen LogP contribution in [0.3, 0.4) is 0 Å². The first-order valence-electron chi connectivity index (χ1n) is 5.84. The van der Waals surface area contributed by atoms with Crippen LogP contribution in [0.25, 0.3) is 10.9 Å². The minimum atomic E-state index is -0.251. The van der Waals surface area contributed by atoms with Gasteiger partial charge in [0.05, 0.1) is 5.52 Å². The molecule has 4 nitrogen and oxygen atoms in total. The SMILES string of the molecule is NNC(c1ccc2cccnc2c1)c1ccc(Cl)o1. The number of hydrogen-bond acceptors (Lipinski definition) is 4. The van der Waals surface area contributed by atoms with Crippen LogP contribution in [0.1, 0.15) is 17.4 Å². The first kappa shape index (κ1) is 12.2. The molecule has 3 aromatic rings. The van der Waals surface area contributed by atoms with Crippen LogP contribution < -0.4 is 11.3 Å². The number of pyridine rings is 1. The molecule has 1 unspecified atom stereocenters. The molecular formula is C14H12ClN3O. The second-order valence-electron chi connectivity index (χ2n) is 4.20. The third-order valence-electron chi connectivity index (χ3n) is 3.01. The van der Waals surface area contributed by atoms with Crippen LogP contribution in [0.15, 0.2) is 53.1 Å². The zero-order valence-corrected chi connectivity index (χ0v) is 10.8. The number of aromatic nitrogens is 1. The van der Waals surface area contributed by atoms with E-state index in [1.807, 2.05) is 30.3 Å². The quantitative estimate of drug-likeness (QED) is 0.569. The van der Waals surface area contributed by atoms with Crippen LogP contribution in [0.5, 0.6) is 0 Å². The summed E-state index contributed by atoms with van der Waals surface area (Å²) < 4.78 is 5.41. The minimum Gasteiger partial charge on any atom is -0.448 e. The molecule has 2 aromatic heterocycles. The van der Waals surface area contributed by atoms with Gasteiger partial charge in [-0.1, -0.05) is 18.2 Å². The number of benzene rings is 1. The van der Waals surface area contributed by atoms with E-state index in [-0.39, 0.29) is 6.04 Å². The van der Waals surface area contributed by atoms with Crippen molar-refractivity contribution in [1.82, 2.24) is 10.4 Å². The Morgan fingerprint density at radius 3 is 2.84 bits per heavy atom. The van der Waals surface area contributed by atoms with Gasteiger partial charge >= 0.3 is 0 Å². The molecule has 1 aromatic carbocycles. The van der Waals surface area contributed by atoms with Crippen LogP contribution in [0.2, 0.25) is 5.22 Å². The fourth-order valence-corrected chi connectivity index (χ4v) is 2.24. The predicted molar refractivity (Wildman–Crippen MR) is 74.6 cm³/mol. The summed E-state index contributed by atoms with van der Waals surface area (Å²) >= 11 is 5.80. The first-order valence-corrected chi connectivity index (χ1v) is 6.22. The van der Waals surface area contributed by atoms with E-state index in [0.717, 1.165) is 16.5 Å². The number of fused-ring (bicyclic) bond motifs is 1. The van der Waals surface area contributed by atoms with Gasteiger partial charge in [0.25, 0.3) is 0 Å². The molecule has 96 valence electrons. The maximum atomic E-state index is 5.80. The largest absolute Gasteiger partial charge is 0.448 e. The Morgan fingerprint density at radius 2 is 2.11 bits per heavy atom. The first-order chi connectivity index (χ1) is 9.28. The van der Waals surface area contributed by atoms with E-state index in [1.165, 1.54) is 0 Å². The molecular weight excluding hydrogens is 262 g/mol. The maximum Gasteiger partial charge on any atom is 0.193 e. The molecule has 0 amide bonds. The van der Waals surface area contributed by atoms with E-state index < -0.39 is 0 Å². The molecule has 19 heavy (non-hydrogen) atoms. The lowest BCUT2D eigenvalue weighted by Gasteiger charge is -2.14. The molecule has 0 aliphatic rings. The van der Waals surface area contributed by atoms with Gasteiger partial charge in [0.2, 0.25) is 0 Å². The number of nitrogens with one attached hydrogen (secondary N) is 1. The number of halogens is 1. The Bertz CT molecular complexity index is 710. The summed E-state index contributed by atoms with van der Waals surface area (Å²) in [5.74, 6) is 6.29. The zero-order valence-electron chi connectivity index (χ0n) is 10.0. The van der Waals surface area contributed by atoms with Crippen molar-refractivity contribution in [2.24, 2.45) is 5.84 Å². The van der Waals surface area contributed by atoms with Crippen molar-refractivity contribution in [3.05, 3.63) is 65.2 Å². The van der Waals surface area contributed by atoms with E-state index in [1.54, 1.807) is 18.3 Å². The van der Waals surface area contributed by atoms with Gasteiger partial charge in [-0.3, -0.25) is 10.8 Å². The summed E-state index contributed by atoms with van der Waals surface area (Å²) in [5.41, 5.74) is 4.62. The van der Waals surface area contributed by atoms with Gasteiger partial charge in [-0.2, -0.15) is 0 Å². The molecule has 0 bridgehead atoms. The summed E-state index contributed by atoms with van der Waals surface area (Å²) in [6.07, 6.45) is 1.76. The highest BCUT2D eigenvalue weighted by atomic mass is 35.5. The number of nitrogens with two attached hydrogens (primary N) is 1. The summed E-state index contributed by atoms with van der Waals surface area (Å²) in [4.78, 5) is 4.33. The molecule has 1 atom stereocenters. The second-order valence-corrected chi connectivity index (χ2v) is 4.57. The van der Waals surface area contributed by atoms with Crippen LogP contribution in [-0.2, 0) is 0 Å². The fourth-order valence-electron chi connectivity index (χ4n) is 2.09. The topological polar surface area (TPSA) is 64.1 Å². The lowest BCUT2D eigenvalue weighted by atomic mass is 10.0. The third-order valence-corrected chi connectivity index (χ3v) is 3.21.